The standard InChI is InChI=1S/C10H11N3/c1-3-10-12-7(2)8-4-5-11-6-9(8)13-10/h4-6H,3H2,1-2H3. The van der Waals surface area contributed by atoms with E-state index in [0.29, 0.717) is 0 Å². The first-order chi connectivity index (χ1) is 6.31. The number of pyridine rings is 1. The maximum absolute atomic E-state index is 4.38. The van der Waals surface area contributed by atoms with E-state index in [2.05, 4.69) is 21.9 Å². The lowest BCUT2D eigenvalue weighted by atomic mass is 10.2. The molecule has 0 spiro atoms. The molecule has 0 bridgehead atoms. The topological polar surface area (TPSA) is 38.7 Å². The van der Waals surface area contributed by atoms with E-state index in [4.69, 9.17) is 0 Å². The number of hydrogen-bond acceptors (Lipinski definition) is 3. The zero-order valence-corrected chi connectivity index (χ0v) is 7.78. The molecule has 13 heavy (non-hydrogen) atoms. The fourth-order valence-electron chi connectivity index (χ4n) is 1.36. The van der Waals surface area contributed by atoms with Crippen molar-refractivity contribution < 1.29 is 0 Å². The van der Waals surface area contributed by atoms with Crippen molar-refractivity contribution in [1.29, 1.82) is 0 Å². The lowest BCUT2D eigenvalue weighted by Gasteiger charge is -2.02. The maximum Gasteiger partial charge on any atom is 0.129 e. The van der Waals surface area contributed by atoms with Crippen LogP contribution in [0.3, 0.4) is 0 Å². The monoisotopic (exact) mass is 173 g/mol. The Morgan fingerprint density at radius 1 is 1.31 bits per heavy atom. The van der Waals surface area contributed by atoms with Gasteiger partial charge in [0.2, 0.25) is 0 Å². The molecule has 0 saturated heterocycles. The zero-order chi connectivity index (χ0) is 9.26. The average molecular weight is 173 g/mol. The van der Waals surface area contributed by atoms with Crippen LogP contribution in [0.1, 0.15) is 18.4 Å². The van der Waals surface area contributed by atoms with Crippen molar-refractivity contribution in [1.82, 2.24) is 15.0 Å². The van der Waals surface area contributed by atoms with E-state index >= 15 is 0 Å². The minimum Gasteiger partial charge on any atom is -0.262 e. The van der Waals surface area contributed by atoms with E-state index < -0.39 is 0 Å². The summed E-state index contributed by atoms with van der Waals surface area (Å²) in [6.07, 6.45) is 4.42. The van der Waals surface area contributed by atoms with E-state index in [1.54, 1.807) is 12.4 Å². The summed E-state index contributed by atoms with van der Waals surface area (Å²) in [7, 11) is 0. The Morgan fingerprint density at radius 2 is 2.15 bits per heavy atom. The Kier molecular flexibility index (Phi) is 1.93. The molecule has 3 heteroatoms. The summed E-state index contributed by atoms with van der Waals surface area (Å²) in [5, 5.41) is 1.09. The number of nitrogens with zero attached hydrogens (tertiary/aromatic N) is 3. The molecule has 2 rings (SSSR count). The third-order valence-electron chi connectivity index (χ3n) is 2.05. The van der Waals surface area contributed by atoms with Crippen molar-refractivity contribution in [2.24, 2.45) is 0 Å². The quantitative estimate of drug-likeness (QED) is 0.661. The van der Waals surface area contributed by atoms with Crippen LogP contribution in [0.4, 0.5) is 0 Å². The predicted molar refractivity (Wildman–Crippen MR) is 51.4 cm³/mol. The second kappa shape index (κ2) is 3.09. The maximum atomic E-state index is 4.38. The molecule has 66 valence electrons. The molecule has 0 N–H and O–H groups in total. The SMILES string of the molecule is CCc1nc(C)c2ccncc2n1. The van der Waals surface area contributed by atoms with Crippen LogP contribution in [0.5, 0.6) is 0 Å². The molecule has 3 nitrogen and oxygen atoms in total. The Balaban J connectivity index is 2.77. The summed E-state index contributed by atoms with van der Waals surface area (Å²) >= 11 is 0. The van der Waals surface area contributed by atoms with Crippen molar-refractivity contribution in [2.75, 3.05) is 0 Å². The predicted octanol–water partition coefficient (Wildman–Crippen LogP) is 1.90. The molecule has 0 amide bonds. The van der Waals surface area contributed by atoms with Gasteiger partial charge in [0.15, 0.2) is 0 Å². The number of aromatic nitrogens is 3. The van der Waals surface area contributed by atoms with Crippen LogP contribution in [0, 0.1) is 6.92 Å². The van der Waals surface area contributed by atoms with Crippen LogP contribution < -0.4 is 0 Å². The number of rotatable bonds is 1. The molecule has 0 fully saturated rings. The van der Waals surface area contributed by atoms with Crippen molar-refractivity contribution in [2.45, 2.75) is 20.3 Å². The molecule has 0 saturated carbocycles. The third kappa shape index (κ3) is 1.37. The van der Waals surface area contributed by atoms with Crippen molar-refractivity contribution in [3.05, 3.63) is 30.0 Å². The van der Waals surface area contributed by atoms with Crippen molar-refractivity contribution >= 4 is 10.9 Å². The Labute approximate surface area is 76.9 Å². The summed E-state index contributed by atoms with van der Waals surface area (Å²) in [5.74, 6) is 0.887. The van der Waals surface area contributed by atoms with Gasteiger partial charge >= 0.3 is 0 Å². The molecule has 2 aromatic heterocycles. The minimum atomic E-state index is 0.867. The second-order valence-electron chi connectivity index (χ2n) is 2.97. The van der Waals surface area contributed by atoms with E-state index in [0.717, 1.165) is 28.8 Å². The second-order valence-corrected chi connectivity index (χ2v) is 2.97. The molecular formula is C10H11N3. The first kappa shape index (κ1) is 8.10. The lowest BCUT2D eigenvalue weighted by molar-refractivity contribution is 0.939. The van der Waals surface area contributed by atoms with E-state index in [1.807, 2.05) is 13.0 Å². The Morgan fingerprint density at radius 3 is 2.92 bits per heavy atom. The Bertz CT molecular complexity index is 437. The fraction of sp³-hybridized carbons (Fsp3) is 0.300. The van der Waals surface area contributed by atoms with Crippen molar-refractivity contribution in [3.63, 3.8) is 0 Å². The van der Waals surface area contributed by atoms with Crippen LogP contribution in [-0.4, -0.2) is 15.0 Å². The van der Waals surface area contributed by atoms with Gasteiger partial charge in [0, 0.05) is 23.7 Å². The smallest absolute Gasteiger partial charge is 0.129 e. The molecule has 0 radical (unpaired) electrons. The molecule has 0 aliphatic rings. The fourth-order valence-corrected chi connectivity index (χ4v) is 1.36. The van der Waals surface area contributed by atoms with Crippen LogP contribution in [0.2, 0.25) is 0 Å². The van der Waals surface area contributed by atoms with E-state index in [-0.39, 0.29) is 0 Å². The lowest BCUT2D eigenvalue weighted by Crippen LogP contribution is -1.96. The van der Waals surface area contributed by atoms with Gasteiger partial charge in [0.25, 0.3) is 0 Å². The van der Waals surface area contributed by atoms with Gasteiger partial charge in [-0.3, -0.25) is 4.98 Å². The molecular weight excluding hydrogens is 162 g/mol. The average Bonchev–Trinajstić information content (AvgIpc) is 2.18. The van der Waals surface area contributed by atoms with Gasteiger partial charge in [0.05, 0.1) is 11.7 Å². The molecule has 0 aliphatic heterocycles. The van der Waals surface area contributed by atoms with Crippen LogP contribution >= 0.6 is 0 Å². The highest BCUT2D eigenvalue weighted by Crippen LogP contribution is 2.13. The van der Waals surface area contributed by atoms with Gasteiger partial charge in [-0.2, -0.15) is 0 Å². The highest BCUT2D eigenvalue weighted by atomic mass is 14.9. The first-order valence-corrected chi connectivity index (χ1v) is 4.38. The summed E-state index contributed by atoms with van der Waals surface area (Å²) < 4.78 is 0. The minimum absolute atomic E-state index is 0.867. The van der Waals surface area contributed by atoms with Gasteiger partial charge < -0.3 is 0 Å². The molecule has 0 atom stereocenters. The molecule has 0 unspecified atom stereocenters. The van der Waals surface area contributed by atoms with Gasteiger partial charge in [-0.25, -0.2) is 9.97 Å². The van der Waals surface area contributed by atoms with Crippen LogP contribution in [0.25, 0.3) is 10.9 Å². The zero-order valence-electron chi connectivity index (χ0n) is 7.78. The summed E-state index contributed by atoms with van der Waals surface area (Å²) in [5.41, 5.74) is 1.97. The largest absolute Gasteiger partial charge is 0.262 e. The molecule has 0 aromatic carbocycles. The normalized spacial score (nSPS) is 10.6. The van der Waals surface area contributed by atoms with Crippen LogP contribution in [0.15, 0.2) is 18.5 Å². The van der Waals surface area contributed by atoms with Gasteiger partial charge in [-0.1, -0.05) is 6.92 Å². The highest BCUT2D eigenvalue weighted by Gasteiger charge is 2.01. The highest BCUT2D eigenvalue weighted by molar-refractivity contribution is 5.79. The van der Waals surface area contributed by atoms with Gasteiger partial charge in [-0.05, 0) is 13.0 Å². The first-order valence-electron chi connectivity index (χ1n) is 4.38. The van der Waals surface area contributed by atoms with E-state index in [1.165, 1.54) is 0 Å². The Hall–Kier alpha value is -1.51. The third-order valence-corrected chi connectivity index (χ3v) is 2.05. The number of aryl methyl sites for hydroxylation is 2. The summed E-state index contributed by atoms with van der Waals surface area (Å²) in [6, 6.07) is 1.95. The van der Waals surface area contributed by atoms with Crippen LogP contribution in [-0.2, 0) is 6.42 Å². The summed E-state index contributed by atoms with van der Waals surface area (Å²) in [6.45, 7) is 4.06. The van der Waals surface area contributed by atoms with Gasteiger partial charge in [0.1, 0.15) is 5.82 Å². The van der Waals surface area contributed by atoms with E-state index in [9.17, 15) is 0 Å². The number of hydrogen-bond donors (Lipinski definition) is 0. The molecule has 0 aliphatic carbocycles. The molecule has 2 heterocycles. The number of fused-ring (bicyclic) bond motifs is 1. The molecule has 2 aromatic rings. The van der Waals surface area contributed by atoms with Gasteiger partial charge in [-0.15, -0.1) is 0 Å². The summed E-state index contributed by atoms with van der Waals surface area (Å²) in [4.78, 5) is 12.8. The van der Waals surface area contributed by atoms with Crippen molar-refractivity contribution in [3.8, 4) is 0 Å².